The summed E-state index contributed by atoms with van der Waals surface area (Å²) in [5.74, 6) is 0.945. The second-order valence-electron chi connectivity index (χ2n) is 7.51. The van der Waals surface area contributed by atoms with Gasteiger partial charge >= 0.3 is 6.03 Å². The third-order valence-electron chi connectivity index (χ3n) is 5.77. The van der Waals surface area contributed by atoms with Gasteiger partial charge in [0.25, 0.3) is 0 Å². The summed E-state index contributed by atoms with van der Waals surface area (Å²) in [5, 5.41) is 11.2. The lowest BCUT2D eigenvalue weighted by molar-refractivity contribution is -0.120. The largest absolute Gasteiger partial charge is 0.371 e. The zero-order valence-corrected chi connectivity index (χ0v) is 17.3. The molecule has 28 heavy (non-hydrogen) atoms. The molecule has 2 atom stereocenters. The Morgan fingerprint density at radius 1 is 1.25 bits per heavy atom. The van der Waals surface area contributed by atoms with Crippen molar-refractivity contribution in [2.24, 2.45) is 13.0 Å². The van der Waals surface area contributed by atoms with Crippen LogP contribution in [0.1, 0.15) is 19.8 Å². The van der Waals surface area contributed by atoms with Crippen LogP contribution in [0.3, 0.4) is 0 Å². The summed E-state index contributed by atoms with van der Waals surface area (Å²) >= 11 is 0. The number of urea groups is 1. The molecule has 3 heterocycles. The number of halogens is 1. The number of hydrogen-bond acceptors (Lipinski definition) is 5. The summed E-state index contributed by atoms with van der Waals surface area (Å²) in [5.41, 5.74) is 2.16. The average molecular weight is 407 g/mol. The van der Waals surface area contributed by atoms with Crippen LogP contribution in [0.15, 0.2) is 18.2 Å². The smallest absolute Gasteiger partial charge is 0.329 e. The maximum atomic E-state index is 12.2. The van der Waals surface area contributed by atoms with Crippen LogP contribution in [0.25, 0.3) is 10.9 Å². The third kappa shape index (κ3) is 3.54. The summed E-state index contributed by atoms with van der Waals surface area (Å²) < 4.78 is 1.81. The molecular weight excluding hydrogens is 380 g/mol. The SMILES string of the molecule is CN[C@H]1CCN(c2ccc3c(N4CCC(=O)NC4=O)nn(C)c3c2)C[C@H]1C.Cl. The minimum atomic E-state index is -0.404. The number of fused-ring (bicyclic) bond motifs is 1. The van der Waals surface area contributed by atoms with Gasteiger partial charge in [-0.2, -0.15) is 5.10 Å². The van der Waals surface area contributed by atoms with Crippen LogP contribution in [0.5, 0.6) is 0 Å². The van der Waals surface area contributed by atoms with Gasteiger partial charge in [-0.1, -0.05) is 6.92 Å². The number of benzene rings is 1. The van der Waals surface area contributed by atoms with E-state index < -0.39 is 6.03 Å². The van der Waals surface area contributed by atoms with Crippen LogP contribution < -0.4 is 20.4 Å². The van der Waals surface area contributed by atoms with Gasteiger partial charge in [0.1, 0.15) is 0 Å². The predicted molar refractivity (Wildman–Crippen MR) is 112 cm³/mol. The summed E-state index contributed by atoms with van der Waals surface area (Å²) in [6.07, 6.45) is 1.41. The van der Waals surface area contributed by atoms with E-state index in [1.165, 1.54) is 5.69 Å². The van der Waals surface area contributed by atoms with Crippen LogP contribution in [0, 0.1) is 5.92 Å². The number of hydrogen-bond donors (Lipinski definition) is 2. The Balaban J connectivity index is 0.00000225. The highest BCUT2D eigenvalue weighted by atomic mass is 35.5. The fraction of sp³-hybridized carbons (Fsp3) is 0.526. The second-order valence-corrected chi connectivity index (χ2v) is 7.51. The molecule has 0 radical (unpaired) electrons. The number of nitrogens with one attached hydrogen (secondary N) is 2. The molecule has 8 nitrogen and oxygen atoms in total. The van der Waals surface area contributed by atoms with Gasteiger partial charge in [-0.3, -0.25) is 19.7 Å². The molecule has 3 amide bonds. The normalized spacial score (nSPS) is 23.0. The van der Waals surface area contributed by atoms with E-state index in [-0.39, 0.29) is 18.3 Å². The highest BCUT2D eigenvalue weighted by Crippen LogP contribution is 2.31. The maximum absolute atomic E-state index is 12.2. The standard InChI is InChI=1S/C19H26N6O2.ClH/c1-12-11-24(8-6-15(12)20-2)13-4-5-14-16(10-13)23(3)22-18(14)25-9-7-17(26)21-19(25)27;/h4-5,10,12,15,20H,6-9,11H2,1-3H3,(H,21,26,27);1H/t12-,15+;/m1./s1. The molecule has 0 aliphatic carbocycles. The van der Waals surface area contributed by atoms with Crippen molar-refractivity contribution in [3.05, 3.63) is 18.2 Å². The first-order chi connectivity index (χ1) is 13.0. The van der Waals surface area contributed by atoms with E-state index in [1.54, 1.807) is 4.90 Å². The van der Waals surface area contributed by atoms with Crippen molar-refractivity contribution in [2.75, 3.05) is 36.5 Å². The number of imide groups is 1. The van der Waals surface area contributed by atoms with Crippen molar-refractivity contribution in [2.45, 2.75) is 25.8 Å². The van der Waals surface area contributed by atoms with E-state index in [2.05, 4.69) is 39.7 Å². The molecule has 2 N–H and O–H groups in total. The molecule has 152 valence electrons. The van der Waals surface area contributed by atoms with Crippen LogP contribution in [-0.2, 0) is 11.8 Å². The van der Waals surface area contributed by atoms with E-state index in [1.807, 2.05) is 24.8 Å². The summed E-state index contributed by atoms with van der Waals surface area (Å²) in [6.45, 7) is 4.67. The highest BCUT2D eigenvalue weighted by Gasteiger charge is 2.29. The van der Waals surface area contributed by atoms with E-state index >= 15 is 0 Å². The number of carbonyl (C=O) groups is 2. The van der Waals surface area contributed by atoms with Gasteiger partial charge < -0.3 is 10.2 Å². The van der Waals surface area contributed by atoms with Crippen molar-refractivity contribution < 1.29 is 9.59 Å². The maximum Gasteiger partial charge on any atom is 0.329 e. The molecule has 2 fully saturated rings. The first kappa shape index (κ1) is 20.4. The summed E-state index contributed by atoms with van der Waals surface area (Å²) in [6, 6.07) is 6.44. The Kier molecular flexibility index (Phi) is 5.81. The molecular formula is C19H27ClN6O2. The van der Waals surface area contributed by atoms with Crippen LogP contribution >= 0.6 is 12.4 Å². The fourth-order valence-electron chi connectivity index (χ4n) is 4.20. The van der Waals surface area contributed by atoms with Gasteiger partial charge in [0.15, 0.2) is 5.82 Å². The summed E-state index contributed by atoms with van der Waals surface area (Å²) in [4.78, 5) is 27.6. The molecule has 2 aliphatic rings. The lowest BCUT2D eigenvalue weighted by atomic mass is 9.93. The Hall–Kier alpha value is -2.32. The summed E-state index contributed by atoms with van der Waals surface area (Å²) in [7, 11) is 3.92. The molecule has 2 aliphatic heterocycles. The van der Waals surface area contributed by atoms with Gasteiger partial charge in [0, 0.05) is 50.2 Å². The van der Waals surface area contributed by atoms with Crippen LogP contribution in [0.2, 0.25) is 0 Å². The number of rotatable bonds is 3. The lowest BCUT2D eigenvalue weighted by Gasteiger charge is -2.38. The Bertz CT molecular complexity index is 898. The van der Waals surface area contributed by atoms with E-state index in [9.17, 15) is 9.59 Å². The molecule has 1 aromatic carbocycles. The van der Waals surface area contributed by atoms with E-state index in [4.69, 9.17) is 0 Å². The van der Waals surface area contributed by atoms with Crippen molar-refractivity contribution in [1.29, 1.82) is 0 Å². The van der Waals surface area contributed by atoms with Gasteiger partial charge in [-0.25, -0.2) is 4.79 Å². The second kappa shape index (κ2) is 7.97. The minimum Gasteiger partial charge on any atom is -0.371 e. The van der Waals surface area contributed by atoms with E-state index in [0.29, 0.717) is 30.7 Å². The molecule has 9 heteroatoms. The molecule has 0 spiro atoms. The van der Waals surface area contributed by atoms with Crippen molar-refractivity contribution in [3.63, 3.8) is 0 Å². The Morgan fingerprint density at radius 3 is 2.71 bits per heavy atom. The number of piperidine rings is 1. The molecule has 2 saturated heterocycles. The number of nitrogens with zero attached hydrogens (tertiary/aromatic N) is 4. The molecule has 4 rings (SSSR count). The molecule has 0 saturated carbocycles. The molecule has 2 aromatic rings. The number of carbonyl (C=O) groups excluding carboxylic acids is 2. The first-order valence-corrected chi connectivity index (χ1v) is 9.48. The minimum absolute atomic E-state index is 0. The van der Waals surface area contributed by atoms with Gasteiger partial charge in [0.2, 0.25) is 5.91 Å². The number of amides is 3. The van der Waals surface area contributed by atoms with Gasteiger partial charge in [-0.15, -0.1) is 12.4 Å². The van der Waals surface area contributed by atoms with Crippen molar-refractivity contribution >= 4 is 46.8 Å². The molecule has 0 unspecified atom stereocenters. The predicted octanol–water partition coefficient (Wildman–Crippen LogP) is 1.88. The van der Waals surface area contributed by atoms with Crippen molar-refractivity contribution in [1.82, 2.24) is 20.4 Å². The van der Waals surface area contributed by atoms with Crippen molar-refractivity contribution in [3.8, 4) is 0 Å². The average Bonchev–Trinajstić information content (AvgIpc) is 2.97. The highest BCUT2D eigenvalue weighted by molar-refractivity contribution is 6.09. The zero-order chi connectivity index (χ0) is 19.1. The van der Waals surface area contributed by atoms with E-state index in [0.717, 1.165) is 30.4 Å². The lowest BCUT2D eigenvalue weighted by Crippen LogP contribution is -2.49. The molecule has 1 aromatic heterocycles. The monoisotopic (exact) mass is 406 g/mol. The zero-order valence-electron chi connectivity index (χ0n) is 16.4. The van der Waals surface area contributed by atoms with Crippen LogP contribution in [-0.4, -0.2) is 54.4 Å². The number of anilines is 2. The first-order valence-electron chi connectivity index (χ1n) is 9.48. The number of aryl methyl sites for hydroxylation is 1. The fourth-order valence-corrected chi connectivity index (χ4v) is 4.20. The molecule has 0 bridgehead atoms. The Labute approximate surface area is 170 Å². The number of aromatic nitrogens is 2. The van der Waals surface area contributed by atoms with Gasteiger partial charge in [-0.05, 0) is 37.6 Å². The third-order valence-corrected chi connectivity index (χ3v) is 5.77. The Morgan fingerprint density at radius 2 is 2.04 bits per heavy atom. The quantitative estimate of drug-likeness (QED) is 0.813. The topological polar surface area (TPSA) is 82.5 Å². The van der Waals surface area contributed by atoms with Gasteiger partial charge in [0.05, 0.1) is 5.52 Å². The van der Waals surface area contributed by atoms with Crippen LogP contribution in [0.4, 0.5) is 16.3 Å².